The first-order chi connectivity index (χ1) is 12.6. The zero-order valence-corrected chi connectivity index (χ0v) is 20.4. The Balaban J connectivity index is 0.00000392. The fourth-order valence-electron chi connectivity index (χ4n) is 2.95. The highest BCUT2D eigenvalue weighted by molar-refractivity contribution is 14.0. The predicted molar refractivity (Wildman–Crippen MR) is 123 cm³/mol. The maximum atomic E-state index is 11.7. The molecule has 1 fully saturated rings. The minimum Gasteiger partial charge on any atom is -0.355 e. The molecule has 11 heteroatoms. The van der Waals surface area contributed by atoms with E-state index < -0.39 is 19.7 Å². The summed E-state index contributed by atoms with van der Waals surface area (Å²) in [5.74, 6) is 1.09. The van der Waals surface area contributed by atoms with Gasteiger partial charge in [-0.05, 0) is 24.1 Å². The third-order valence-electron chi connectivity index (χ3n) is 4.48. The molecule has 28 heavy (non-hydrogen) atoms. The Bertz CT molecular complexity index is 888. The topological polar surface area (TPSA) is 108 Å². The lowest BCUT2D eigenvalue weighted by molar-refractivity contribution is 0.299. The molecule has 1 aliphatic heterocycles. The van der Waals surface area contributed by atoms with Crippen molar-refractivity contribution < 1.29 is 16.8 Å². The van der Waals surface area contributed by atoms with Crippen molar-refractivity contribution >= 4 is 49.6 Å². The Morgan fingerprint density at radius 2 is 1.86 bits per heavy atom. The van der Waals surface area contributed by atoms with E-state index in [0.29, 0.717) is 37.0 Å². The number of sulfone groups is 2. The first-order valence-electron chi connectivity index (χ1n) is 8.77. The molecule has 0 amide bonds. The molecule has 0 aliphatic carbocycles. The molecule has 1 heterocycles. The van der Waals surface area contributed by atoms with Gasteiger partial charge in [-0.2, -0.15) is 0 Å². The van der Waals surface area contributed by atoms with Gasteiger partial charge in [0.1, 0.15) is 0 Å². The van der Waals surface area contributed by atoms with Crippen LogP contribution in [-0.2, 0) is 26.2 Å². The number of guanidine groups is 1. The summed E-state index contributed by atoms with van der Waals surface area (Å²) in [7, 11) is -4.39. The largest absolute Gasteiger partial charge is 0.355 e. The SMILES string of the molecule is CN=C(NCCN1CCS(=O)(=O)CC1)NCc1ccc(S(C)(=O)=O)c(C)c1.I. The van der Waals surface area contributed by atoms with E-state index in [1.165, 1.54) is 6.26 Å². The summed E-state index contributed by atoms with van der Waals surface area (Å²) in [4.78, 5) is 6.64. The zero-order valence-electron chi connectivity index (χ0n) is 16.4. The molecule has 1 aromatic rings. The Hall–Kier alpha value is -0.920. The molecule has 160 valence electrons. The van der Waals surface area contributed by atoms with Gasteiger partial charge in [-0.1, -0.05) is 12.1 Å². The second-order valence-electron chi connectivity index (χ2n) is 6.72. The Labute approximate surface area is 185 Å². The number of hydrogen-bond donors (Lipinski definition) is 2. The van der Waals surface area contributed by atoms with E-state index in [1.807, 2.05) is 6.07 Å². The maximum Gasteiger partial charge on any atom is 0.191 e. The molecule has 1 saturated heterocycles. The number of halogens is 1. The van der Waals surface area contributed by atoms with E-state index in [2.05, 4.69) is 20.5 Å². The minimum atomic E-state index is -3.22. The predicted octanol–water partition coefficient (Wildman–Crippen LogP) is 0.412. The molecule has 2 N–H and O–H groups in total. The number of aliphatic imine (C=N–C) groups is 1. The van der Waals surface area contributed by atoms with Crippen LogP contribution >= 0.6 is 24.0 Å². The lowest BCUT2D eigenvalue weighted by Gasteiger charge is -2.26. The van der Waals surface area contributed by atoms with Crippen LogP contribution in [0.3, 0.4) is 0 Å². The summed E-state index contributed by atoms with van der Waals surface area (Å²) in [5.41, 5.74) is 1.68. The van der Waals surface area contributed by atoms with Crippen molar-refractivity contribution in [3.8, 4) is 0 Å². The first-order valence-corrected chi connectivity index (χ1v) is 12.5. The summed E-state index contributed by atoms with van der Waals surface area (Å²) >= 11 is 0. The number of hydrogen-bond acceptors (Lipinski definition) is 6. The van der Waals surface area contributed by atoms with Crippen LogP contribution in [0.5, 0.6) is 0 Å². The van der Waals surface area contributed by atoms with Gasteiger partial charge in [0, 0.05) is 46.0 Å². The Morgan fingerprint density at radius 1 is 1.21 bits per heavy atom. The van der Waals surface area contributed by atoms with Gasteiger partial charge >= 0.3 is 0 Å². The lowest BCUT2D eigenvalue weighted by Crippen LogP contribution is -2.45. The average Bonchev–Trinajstić information content (AvgIpc) is 2.58. The van der Waals surface area contributed by atoms with Crippen LogP contribution in [0.2, 0.25) is 0 Å². The van der Waals surface area contributed by atoms with Crippen LogP contribution in [0.4, 0.5) is 0 Å². The maximum absolute atomic E-state index is 11.7. The highest BCUT2D eigenvalue weighted by Gasteiger charge is 2.20. The normalized spacial score (nSPS) is 17.6. The van der Waals surface area contributed by atoms with Crippen LogP contribution in [0.1, 0.15) is 11.1 Å². The molecule has 0 spiro atoms. The van der Waals surface area contributed by atoms with Crippen molar-refractivity contribution in [1.82, 2.24) is 15.5 Å². The molecule has 1 aromatic carbocycles. The van der Waals surface area contributed by atoms with Crippen molar-refractivity contribution in [3.05, 3.63) is 29.3 Å². The van der Waals surface area contributed by atoms with Gasteiger partial charge in [-0.15, -0.1) is 24.0 Å². The number of rotatable bonds is 6. The highest BCUT2D eigenvalue weighted by atomic mass is 127. The van der Waals surface area contributed by atoms with E-state index in [0.717, 1.165) is 17.7 Å². The van der Waals surface area contributed by atoms with Gasteiger partial charge in [0.25, 0.3) is 0 Å². The summed E-state index contributed by atoms with van der Waals surface area (Å²) < 4.78 is 46.2. The van der Waals surface area contributed by atoms with Crippen LogP contribution in [0.15, 0.2) is 28.1 Å². The first kappa shape index (κ1) is 25.1. The van der Waals surface area contributed by atoms with Gasteiger partial charge in [-0.3, -0.25) is 9.89 Å². The van der Waals surface area contributed by atoms with Crippen LogP contribution in [0.25, 0.3) is 0 Å². The molecule has 0 aromatic heterocycles. The van der Waals surface area contributed by atoms with Crippen molar-refractivity contribution in [1.29, 1.82) is 0 Å². The fraction of sp³-hybridized carbons (Fsp3) is 0.588. The second kappa shape index (κ2) is 10.7. The van der Waals surface area contributed by atoms with Gasteiger partial charge < -0.3 is 10.6 Å². The molecule has 2 rings (SSSR count). The van der Waals surface area contributed by atoms with Crippen LogP contribution in [-0.4, -0.2) is 78.7 Å². The number of aryl methyl sites for hydroxylation is 1. The van der Waals surface area contributed by atoms with Crippen molar-refractivity contribution in [3.63, 3.8) is 0 Å². The zero-order chi connectivity index (χ0) is 20.1. The van der Waals surface area contributed by atoms with Gasteiger partial charge in [0.15, 0.2) is 25.6 Å². The Morgan fingerprint density at radius 3 is 2.39 bits per heavy atom. The van der Waals surface area contributed by atoms with Crippen LogP contribution in [0, 0.1) is 6.92 Å². The van der Waals surface area contributed by atoms with Crippen molar-refractivity contribution in [2.45, 2.75) is 18.4 Å². The van der Waals surface area contributed by atoms with E-state index >= 15 is 0 Å². The molecule has 0 atom stereocenters. The smallest absolute Gasteiger partial charge is 0.191 e. The van der Waals surface area contributed by atoms with Crippen molar-refractivity contribution in [2.24, 2.45) is 4.99 Å². The molecule has 0 radical (unpaired) electrons. The van der Waals surface area contributed by atoms with Gasteiger partial charge in [0.2, 0.25) is 0 Å². The molecule has 0 saturated carbocycles. The number of nitrogens with zero attached hydrogens (tertiary/aromatic N) is 2. The molecular weight excluding hydrogens is 515 g/mol. The third-order valence-corrected chi connectivity index (χ3v) is 7.35. The lowest BCUT2D eigenvalue weighted by atomic mass is 10.1. The van der Waals surface area contributed by atoms with E-state index in [1.54, 1.807) is 26.1 Å². The molecule has 0 unspecified atom stereocenters. The molecule has 1 aliphatic rings. The molecular formula is C17H29IN4O4S2. The third kappa shape index (κ3) is 7.84. The summed E-state index contributed by atoms with van der Waals surface area (Å²) in [6.07, 6.45) is 1.21. The highest BCUT2D eigenvalue weighted by Crippen LogP contribution is 2.16. The van der Waals surface area contributed by atoms with E-state index in [4.69, 9.17) is 0 Å². The Kier molecular flexibility index (Phi) is 9.64. The summed E-state index contributed by atoms with van der Waals surface area (Å²) in [5, 5.41) is 6.41. The fourth-order valence-corrected chi connectivity index (χ4v) is 5.19. The summed E-state index contributed by atoms with van der Waals surface area (Å²) in [6.45, 7) is 4.85. The number of nitrogens with one attached hydrogen (secondary N) is 2. The number of benzene rings is 1. The quantitative estimate of drug-likeness (QED) is 0.304. The van der Waals surface area contributed by atoms with E-state index in [9.17, 15) is 16.8 Å². The second-order valence-corrected chi connectivity index (χ2v) is 11.0. The van der Waals surface area contributed by atoms with Gasteiger partial charge in [0.05, 0.1) is 16.4 Å². The van der Waals surface area contributed by atoms with Gasteiger partial charge in [-0.25, -0.2) is 16.8 Å². The van der Waals surface area contributed by atoms with Crippen molar-refractivity contribution in [2.75, 3.05) is 51.0 Å². The summed E-state index contributed by atoms with van der Waals surface area (Å²) in [6, 6.07) is 5.27. The average molecular weight is 544 g/mol. The molecule has 0 bridgehead atoms. The minimum absolute atomic E-state index is 0. The van der Waals surface area contributed by atoms with E-state index in [-0.39, 0.29) is 35.5 Å². The molecule has 8 nitrogen and oxygen atoms in total. The standard InChI is InChI=1S/C17H28N4O4S2.HI/c1-14-12-15(4-5-16(14)26(3,22)23)13-20-17(18-2)19-6-7-21-8-10-27(24,25)11-9-21;/h4-5,12H,6-11,13H2,1-3H3,(H2,18,19,20);1H. The monoisotopic (exact) mass is 544 g/mol. The van der Waals surface area contributed by atoms with Crippen LogP contribution < -0.4 is 10.6 Å².